The quantitative estimate of drug-likeness (QED) is 0.846. The molecular weight excluding hydrogens is 312 g/mol. The van der Waals surface area contributed by atoms with Gasteiger partial charge in [0.2, 0.25) is 0 Å². The second-order valence-corrected chi connectivity index (χ2v) is 4.63. The van der Waals surface area contributed by atoms with Crippen LogP contribution in [0.3, 0.4) is 0 Å². The Morgan fingerprint density at radius 3 is 2.94 bits per heavy atom. The smallest absolute Gasteiger partial charge is 0.254 e. The molecule has 0 saturated carbocycles. The molecule has 0 aliphatic rings. The van der Waals surface area contributed by atoms with E-state index in [1.807, 2.05) is 0 Å². The molecular formula is C11H12BrClFNO2. The molecule has 1 atom stereocenters. The Morgan fingerprint density at radius 1 is 1.65 bits per heavy atom. The summed E-state index contributed by atoms with van der Waals surface area (Å²) in [6.07, 6.45) is 0. The molecule has 0 aromatic heterocycles. The highest BCUT2D eigenvalue weighted by atomic mass is 79.9. The second kappa shape index (κ2) is 6.93. The summed E-state index contributed by atoms with van der Waals surface area (Å²) in [5.41, 5.74) is -0.0226. The third kappa shape index (κ3) is 4.26. The lowest BCUT2D eigenvalue weighted by Crippen LogP contribution is -2.39. The van der Waals surface area contributed by atoms with Crippen molar-refractivity contribution in [3.63, 3.8) is 0 Å². The summed E-state index contributed by atoms with van der Waals surface area (Å²) in [4.78, 5) is 11.8. The standard InChI is InChI=1S/C11H12BrClFNO2/c1-17-6-8(5-13)15-11(16)9-4-7(12)2-3-10(9)14/h2-4,8H,5-6H2,1H3,(H,15,16). The van der Waals surface area contributed by atoms with E-state index in [9.17, 15) is 9.18 Å². The van der Waals surface area contributed by atoms with Gasteiger partial charge in [0.15, 0.2) is 0 Å². The van der Waals surface area contributed by atoms with Crippen LogP contribution in [0.15, 0.2) is 22.7 Å². The van der Waals surface area contributed by atoms with E-state index in [1.54, 1.807) is 0 Å². The molecule has 17 heavy (non-hydrogen) atoms. The van der Waals surface area contributed by atoms with Gasteiger partial charge in [-0.25, -0.2) is 4.39 Å². The minimum absolute atomic E-state index is 0.0226. The zero-order chi connectivity index (χ0) is 12.8. The molecule has 0 spiro atoms. The molecule has 1 amide bonds. The summed E-state index contributed by atoms with van der Waals surface area (Å²) in [5.74, 6) is -0.877. The molecule has 1 aromatic rings. The molecule has 0 saturated heterocycles. The van der Waals surface area contributed by atoms with Crippen molar-refractivity contribution in [3.8, 4) is 0 Å². The molecule has 0 fully saturated rings. The van der Waals surface area contributed by atoms with Crippen molar-refractivity contribution in [1.82, 2.24) is 5.32 Å². The van der Waals surface area contributed by atoms with Crippen LogP contribution in [-0.4, -0.2) is 31.5 Å². The van der Waals surface area contributed by atoms with Crippen molar-refractivity contribution in [1.29, 1.82) is 0 Å². The summed E-state index contributed by atoms with van der Waals surface area (Å²) < 4.78 is 18.9. The normalized spacial score (nSPS) is 12.2. The molecule has 94 valence electrons. The Kier molecular flexibility index (Phi) is 5.88. The molecule has 1 unspecified atom stereocenters. The van der Waals surface area contributed by atoms with E-state index >= 15 is 0 Å². The maximum absolute atomic E-state index is 13.4. The molecule has 0 radical (unpaired) electrons. The predicted molar refractivity (Wildman–Crippen MR) is 68.0 cm³/mol. The number of benzene rings is 1. The van der Waals surface area contributed by atoms with Crippen LogP contribution < -0.4 is 5.32 Å². The van der Waals surface area contributed by atoms with Gasteiger partial charge in [0.25, 0.3) is 5.91 Å². The Labute approximate surface area is 112 Å². The van der Waals surface area contributed by atoms with E-state index in [0.717, 1.165) is 0 Å². The largest absolute Gasteiger partial charge is 0.383 e. The van der Waals surface area contributed by atoms with Crippen LogP contribution in [0.4, 0.5) is 4.39 Å². The van der Waals surface area contributed by atoms with Gasteiger partial charge in [-0.1, -0.05) is 15.9 Å². The minimum atomic E-state index is -0.573. The first-order valence-corrected chi connectivity index (χ1v) is 6.22. The zero-order valence-corrected chi connectivity index (χ0v) is 11.5. The van der Waals surface area contributed by atoms with E-state index in [2.05, 4.69) is 21.2 Å². The van der Waals surface area contributed by atoms with Gasteiger partial charge in [0.1, 0.15) is 5.82 Å². The molecule has 0 aliphatic heterocycles. The minimum Gasteiger partial charge on any atom is -0.383 e. The Morgan fingerprint density at radius 2 is 2.35 bits per heavy atom. The molecule has 0 bridgehead atoms. The first-order chi connectivity index (χ1) is 8.08. The number of alkyl halides is 1. The maximum atomic E-state index is 13.4. The fourth-order valence-corrected chi connectivity index (χ4v) is 1.79. The second-order valence-electron chi connectivity index (χ2n) is 3.40. The summed E-state index contributed by atoms with van der Waals surface area (Å²) in [6.45, 7) is 0.283. The number of ether oxygens (including phenoxy) is 1. The molecule has 1 N–H and O–H groups in total. The molecule has 6 heteroatoms. The van der Waals surface area contributed by atoms with Crippen LogP contribution in [0.2, 0.25) is 0 Å². The maximum Gasteiger partial charge on any atom is 0.254 e. The Balaban J connectivity index is 2.78. The molecule has 3 nitrogen and oxygen atoms in total. The number of amides is 1. The van der Waals surface area contributed by atoms with Crippen molar-refractivity contribution in [2.75, 3.05) is 19.6 Å². The summed E-state index contributed by atoms with van der Waals surface area (Å²) >= 11 is 8.83. The van der Waals surface area contributed by atoms with E-state index in [4.69, 9.17) is 16.3 Å². The van der Waals surface area contributed by atoms with E-state index in [1.165, 1.54) is 25.3 Å². The van der Waals surface area contributed by atoms with E-state index < -0.39 is 11.7 Å². The van der Waals surface area contributed by atoms with Crippen LogP contribution in [-0.2, 0) is 4.74 Å². The monoisotopic (exact) mass is 323 g/mol. The van der Waals surface area contributed by atoms with Gasteiger partial charge in [0.05, 0.1) is 18.2 Å². The number of rotatable bonds is 5. The third-order valence-corrected chi connectivity index (χ3v) is 2.93. The van der Waals surface area contributed by atoms with Gasteiger partial charge in [-0.15, -0.1) is 11.6 Å². The third-order valence-electron chi connectivity index (χ3n) is 2.06. The lowest BCUT2D eigenvalue weighted by Gasteiger charge is -2.15. The molecule has 1 aromatic carbocycles. The number of methoxy groups -OCH3 is 1. The van der Waals surface area contributed by atoms with Crippen LogP contribution >= 0.6 is 27.5 Å². The van der Waals surface area contributed by atoms with Crippen LogP contribution in [0, 0.1) is 5.82 Å². The van der Waals surface area contributed by atoms with Crippen molar-refractivity contribution in [2.45, 2.75) is 6.04 Å². The molecule has 0 heterocycles. The highest BCUT2D eigenvalue weighted by molar-refractivity contribution is 9.10. The predicted octanol–water partition coefficient (Wildman–Crippen LogP) is 2.57. The molecule has 1 rings (SSSR count). The number of hydrogen-bond acceptors (Lipinski definition) is 2. The van der Waals surface area contributed by atoms with Gasteiger partial charge >= 0.3 is 0 Å². The average molecular weight is 325 g/mol. The van der Waals surface area contributed by atoms with Gasteiger partial charge in [-0.3, -0.25) is 4.79 Å². The molecule has 0 aliphatic carbocycles. The number of hydrogen-bond donors (Lipinski definition) is 1. The van der Waals surface area contributed by atoms with Crippen molar-refractivity contribution >= 4 is 33.4 Å². The number of carbonyl (C=O) groups excluding carboxylic acids is 1. The van der Waals surface area contributed by atoms with Crippen molar-refractivity contribution in [2.24, 2.45) is 0 Å². The van der Waals surface area contributed by atoms with Gasteiger partial charge in [0, 0.05) is 17.5 Å². The highest BCUT2D eigenvalue weighted by Crippen LogP contribution is 2.15. The van der Waals surface area contributed by atoms with Crippen molar-refractivity contribution < 1.29 is 13.9 Å². The summed E-state index contributed by atoms with van der Waals surface area (Å²) in [5, 5.41) is 2.60. The van der Waals surface area contributed by atoms with Gasteiger partial charge < -0.3 is 10.1 Å². The number of halogens is 3. The average Bonchev–Trinajstić information content (AvgIpc) is 2.31. The van der Waals surface area contributed by atoms with Crippen molar-refractivity contribution in [3.05, 3.63) is 34.1 Å². The topological polar surface area (TPSA) is 38.3 Å². The first-order valence-electron chi connectivity index (χ1n) is 4.89. The Bertz CT molecular complexity index is 403. The zero-order valence-electron chi connectivity index (χ0n) is 9.17. The SMILES string of the molecule is COCC(CCl)NC(=O)c1cc(Br)ccc1F. The van der Waals surface area contributed by atoms with E-state index in [0.29, 0.717) is 4.47 Å². The van der Waals surface area contributed by atoms with E-state index in [-0.39, 0.29) is 24.1 Å². The fraction of sp³-hybridized carbons (Fsp3) is 0.364. The highest BCUT2D eigenvalue weighted by Gasteiger charge is 2.16. The lowest BCUT2D eigenvalue weighted by atomic mass is 10.2. The van der Waals surface area contributed by atoms with Crippen LogP contribution in [0.5, 0.6) is 0 Å². The van der Waals surface area contributed by atoms with Crippen LogP contribution in [0.1, 0.15) is 10.4 Å². The van der Waals surface area contributed by atoms with Gasteiger partial charge in [-0.05, 0) is 18.2 Å². The Hall–Kier alpha value is -0.650. The number of nitrogens with one attached hydrogen (secondary N) is 1. The van der Waals surface area contributed by atoms with Crippen LogP contribution in [0.25, 0.3) is 0 Å². The summed E-state index contributed by atoms with van der Waals surface area (Å²) in [6, 6.07) is 3.83. The van der Waals surface area contributed by atoms with Gasteiger partial charge in [-0.2, -0.15) is 0 Å². The first kappa shape index (κ1) is 14.4. The number of carbonyl (C=O) groups is 1. The fourth-order valence-electron chi connectivity index (χ4n) is 1.26. The summed E-state index contributed by atoms with van der Waals surface area (Å²) in [7, 11) is 1.51. The lowest BCUT2D eigenvalue weighted by molar-refractivity contribution is 0.0903.